The molecular weight excluding hydrogens is 198 g/mol. The normalized spacial score (nSPS) is 9.67. The number of hydrogen-bond donors (Lipinski definition) is 0. The lowest BCUT2D eigenvalue weighted by Crippen LogP contribution is -2.14. The van der Waals surface area contributed by atoms with Gasteiger partial charge in [0.1, 0.15) is 5.75 Å². The van der Waals surface area contributed by atoms with Gasteiger partial charge in [-0.3, -0.25) is 14.9 Å². The predicted octanol–water partition coefficient (Wildman–Crippen LogP) is 1.54. The highest BCUT2D eigenvalue weighted by Crippen LogP contribution is 2.18. The molecule has 1 aromatic carbocycles. The molecule has 80 valence electrons. The Balaban J connectivity index is 2.91. The summed E-state index contributed by atoms with van der Waals surface area (Å²) >= 11 is 0. The lowest BCUT2D eigenvalue weighted by Gasteiger charge is -2.06. The van der Waals surface area contributed by atoms with Crippen LogP contribution >= 0.6 is 0 Å². The molecular formula is C10H11NO4. The van der Waals surface area contributed by atoms with E-state index in [1.165, 1.54) is 6.07 Å². The fourth-order valence-electron chi connectivity index (χ4n) is 1.18. The van der Waals surface area contributed by atoms with Crippen molar-refractivity contribution in [2.24, 2.45) is 0 Å². The molecule has 0 heterocycles. The number of nitrogens with zero attached hydrogens (tertiary/aromatic N) is 1. The van der Waals surface area contributed by atoms with Crippen molar-refractivity contribution in [3.63, 3.8) is 0 Å². The quantitative estimate of drug-likeness (QED) is 0.419. The number of Topliss-reactive ketones (excluding diaryl/α,β-unsaturated/α-hetero) is 1. The average molecular weight is 209 g/mol. The fraction of sp³-hybridized carbons (Fsp3) is 0.300. The molecule has 0 saturated heterocycles. The molecule has 5 nitrogen and oxygen atoms in total. The molecule has 0 aliphatic heterocycles. The highest BCUT2D eigenvalue weighted by molar-refractivity contribution is 5.99. The minimum atomic E-state index is -0.704. The smallest absolute Gasteiger partial charge is 0.265 e. The van der Waals surface area contributed by atoms with Gasteiger partial charge in [0.15, 0.2) is 0 Å². The summed E-state index contributed by atoms with van der Waals surface area (Å²) in [7, 11) is 0. The molecule has 0 aliphatic rings. The van der Waals surface area contributed by atoms with E-state index in [1.54, 1.807) is 25.1 Å². The zero-order chi connectivity index (χ0) is 11.3. The van der Waals surface area contributed by atoms with Crippen LogP contribution in [0.5, 0.6) is 5.75 Å². The van der Waals surface area contributed by atoms with Gasteiger partial charge in [0.05, 0.1) is 12.2 Å². The molecule has 0 radical (unpaired) electrons. The molecule has 0 amide bonds. The van der Waals surface area contributed by atoms with Crippen LogP contribution in [-0.4, -0.2) is 23.9 Å². The van der Waals surface area contributed by atoms with Gasteiger partial charge in [0.2, 0.25) is 5.78 Å². The summed E-state index contributed by atoms with van der Waals surface area (Å²) in [6, 6.07) is 6.51. The molecule has 0 unspecified atom stereocenters. The van der Waals surface area contributed by atoms with Crippen molar-refractivity contribution in [2.45, 2.75) is 6.92 Å². The van der Waals surface area contributed by atoms with Crippen molar-refractivity contribution in [3.05, 3.63) is 39.9 Å². The fourth-order valence-corrected chi connectivity index (χ4v) is 1.18. The monoisotopic (exact) mass is 209 g/mol. The van der Waals surface area contributed by atoms with Crippen LogP contribution in [0, 0.1) is 10.1 Å². The summed E-state index contributed by atoms with van der Waals surface area (Å²) in [5.74, 6) is -0.143. The van der Waals surface area contributed by atoms with Crippen molar-refractivity contribution in [1.82, 2.24) is 0 Å². The summed E-state index contributed by atoms with van der Waals surface area (Å²) in [6.45, 7) is 1.50. The topological polar surface area (TPSA) is 69.4 Å². The molecule has 0 spiro atoms. The van der Waals surface area contributed by atoms with Gasteiger partial charge in [-0.05, 0) is 19.1 Å². The molecule has 0 fully saturated rings. The first-order valence-electron chi connectivity index (χ1n) is 4.52. The number of benzene rings is 1. The summed E-state index contributed by atoms with van der Waals surface area (Å²) in [5, 5.41) is 10.2. The highest BCUT2D eigenvalue weighted by atomic mass is 16.6. The predicted molar refractivity (Wildman–Crippen MR) is 53.8 cm³/mol. The molecule has 1 aromatic rings. The molecule has 15 heavy (non-hydrogen) atoms. The molecule has 0 atom stereocenters. The maximum Gasteiger partial charge on any atom is 0.265 e. The van der Waals surface area contributed by atoms with E-state index in [0.29, 0.717) is 12.4 Å². The molecule has 0 aliphatic carbocycles. The van der Waals surface area contributed by atoms with Gasteiger partial charge in [-0.1, -0.05) is 12.1 Å². The Labute approximate surface area is 86.8 Å². The van der Waals surface area contributed by atoms with E-state index < -0.39 is 17.3 Å². The Morgan fingerprint density at radius 3 is 2.73 bits per heavy atom. The van der Waals surface area contributed by atoms with Crippen LogP contribution in [0.15, 0.2) is 24.3 Å². The molecule has 5 heteroatoms. The van der Waals surface area contributed by atoms with E-state index in [4.69, 9.17) is 4.74 Å². The second kappa shape index (κ2) is 5.09. The number of ketones is 1. The van der Waals surface area contributed by atoms with Crippen molar-refractivity contribution in [1.29, 1.82) is 0 Å². The van der Waals surface area contributed by atoms with Gasteiger partial charge in [-0.2, -0.15) is 0 Å². The average Bonchev–Trinajstić information content (AvgIpc) is 2.18. The van der Waals surface area contributed by atoms with Crippen LogP contribution in [0.3, 0.4) is 0 Å². The van der Waals surface area contributed by atoms with E-state index >= 15 is 0 Å². The maximum atomic E-state index is 11.4. The molecule has 0 saturated carbocycles. The minimum absolute atomic E-state index is 0.260. The number of carbonyl (C=O) groups is 1. The number of hydrogen-bond acceptors (Lipinski definition) is 4. The number of carbonyl (C=O) groups excluding carboxylic acids is 1. The van der Waals surface area contributed by atoms with E-state index in [2.05, 4.69) is 0 Å². The van der Waals surface area contributed by atoms with Crippen molar-refractivity contribution in [3.8, 4) is 5.75 Å². The Bertz CT molecular complexity index is 375. The van der Waals surface area contributed by atoms with Gasteiger partial charge in [-0.15, -0.1) is 0 Å². The van der Waals surface area contributed by atoms with Crippen molar-refractivity contribution >= 4 is 5.78 Å². The van der Waals surface area contributed by atoms with E-state index in [-0.39, 0.29) is 5.56 Å². The number of ether oxygens (including phenoxy) is 1. The maximum absolute atomic E-state index is 11.4. The molecule has 0 N–H and O–H groups in total. The van der Waals surface area contributed by atoms with Crippen molar-refractivity contribution < 1.29 is 14.5 Å². The van der Waals surface area contributed by atoms with Crippen LogP contribution in [-0.2, 0) is 0 Å². The summed E-state index contributed by atoms with van der Waals surface area (Å²) in [5.41, 5.74) is 0.260. The van der Waals surface area contributed by atoms with E-state index in [9.17, 15) is 14.9 Å². The van der Waals surface area contributed by atoms with E-state index in [0.717, 1.165) is 0 Å². The van der Waals surface area contributed by atoms with Crippen LogP contribution in [0.4, 0.5) is 0 Å². The van der Waals surface area contributed by atoms with Gasteiger partial charge < -0.3 is 4.74 Å². The molecule has 0 bridgehead atoms. The third-order valence-electron chi connectivity index (χ3n) is 1.76. The second-order valence-electron chi connectivity index (χ2n) is 2.84. The summed E-state index contributed by atoms with van der Waals surface area (Å²) in [4.78, 5) is 21.0. The zero-order valence-electron chi connectivity index (χ0n) is 8.30. The third-order valence-corrected chi connectivity index (χ3v) is 1.76. The Morgan fingerprint density at radius 2 is 2.13 bits per heavy atom. The van der Waals surface area contributed by atoms with Gasteiger partial charge >= 0.3 is 0 Å². The first kappa shape index (κ1) is 11.2. The Kier molecular flexibility index (Phi) is 3.79. The Hall–Kier alpha value is -1.91. The number of rotatable bonds is 5. The molecule has 0 aromatic heterocycles. The largest absolute Gasteiger partial charge is 0.493 e. The SMILES string of the molecule is CCOc1ccccc1C(=O)C[N+](=O)[O-]. The van der Waals surface area contributed by atoms with Gasteiger partial charge in [-0.25, -0.2) is 0 Å². The van der Waals surface area contributed by atoms with Crippen LogP contribution in [0.1, 0.15) is 17.3 Å². The van der Waals surface area contributed by atoms with Gasteiger partial charge in [0.25, 0.3) is 6.54 Å². The lowest BCUT2D eigenvalue weighted by molar-refractivity contribution is -0.465. The lowest BCUT2D eigenvalue weighted by atomic mass is 10.1. The first-order valence-corrected chi connectivity index (χ1v) is 4.52. The highest BCUT2D eigenvalue weighted by Gasteiger charge is 2.16. The van der Waals surface area contributed by atoms with Crippen molar-refractivity contribution in [2.75, 3.05) is 13.2 Å². The summed E-state index contributed by atoms with van der Waals surface area (Å²) < 4.78 is 5.20. The van der Waals surface area contributed by atoms with Gasteiger partial charge in [0, 0.05) is 4.92 Å². The minimum Gasteiger partial charge on any atom is -0.493 e. The first-order chi connectivity index (χ1) is 7.15. The zero-order valence-corrected chi connectivity index (χ0v) is 8.30. The van der Waals surface area contributed by atoms with Crippen LogP contribution in [0.25, 0.3) is 0 Å². The Morgan fingerprint density at radius 1 is 1.47 bits per heavy atom. The number of para-hydroxylation sites is 1. The third kappa shape index (κ3) is 3.05. The van der Waals surface area contributed by atoms with Crippen LogP contribution in [0.2, 0.25) is 0 Å². The summed E-state index contributed by atoms with van der Waals surface area (Å²) in [6.07, 6.45) is 0. The molecule has 1 rings (SSSR count). The standard InChI is InChI=1S/C10H11NO4/c1-2-15-10-6-4-3-5-8(10)9(12)7-11(13)14/h3-6H,2,7H2,1H3. The second-order valence-corrected chi connectivity index (χ2v) is 2.84. The van der Waals surface area contributed by atoms with E-state index in [1.807, 2.05) is 0 Å². The van der Waals surface area contributed by atoms with Crippen LogP contribution < -0.4 is 4.74 Å². The number of nitro groups is 1.